The molecule has 3 aromatic heterocycles. The van der Waals surface area contributed by atoms with Gasteiger partial charge in [0.05, 0.1) is 29.3 Å². The number of piperidine rings is 1. The molecule has 0 bridgehead atoms. The average Bonchev–Trinajstić information content (AvgIpc) is 3.24. The molecule has 7 nitrogen and oxygen atoms in total. The number of carbonyl (C=O) groups excluding carboxylic acids is 1. The lowest BCUT2D eigenvalue weighted by molar-refractivity contribution is 0.0997. The first-order valence-electron chi connectivity index (χ1n) is 8.60. The summed E-state index contributed by atoms with van der Waals surface area (Å²) < 4.78 is 2.16. The first-order chi connectivity index (χ1) is 12.1. The molecule has 4 rings (SSSR count). The van der Waals surface area contributed by atoms with Crippen LogP contribution in [-0.4, -0.2) is 43.5 Å². The standard InChI is InChI=1S/C18H22N6O/c1-12-4-2-7-24-14(8-20-18(12)24)11-23-6-3-5-13(10-23)16-15(17(19)25)9-21-22-16/h2,4,7-9,13H,3,5-6,10-11H2,1H3,(H2,19,25)(H,21,22). The lowest BCUT2D eigenvalue weighted by atomic mass is 9.92. The largest absolute Gasteiger partial charge is 0.365 e. The van der Waals surface area contributed by atoms with E-state index in [1.165, 1.54) is 17.5 Å². The van der Waals surface area contributed by atoms with Gasteiger partial charge in [-0.25, -0.2) is 4.98 Å². The fourth-order valence-electron chi connectivity index (χ4n) is 3.79. The van der Waals surface area contributed by atoms with E-state index in [-0.39, 0.29) is 5.92 Å². The summed E-state index contributed by atoms with van der Waals surface area (Å²) in [6.45, 7) is 4.82. The number of carbonyl (C=O) groups is 1. The zero-order valence-electron chi connectivity index (χ0n) is 14.3. The maximum Gasteiger partial charge on any atom is 0.252 e. The van der Waals surface area contributed by atoms with Crippen LogP contribution in [0.15, 0.2) is 30.7 Å². The van der Waals surface area contributed by atoms with E-state index in [1.807, 2.05) is 6.20 Å². The van der Waals surface area contributed by atoms with Crippen molar-refractivity contribution in [3.8, 4) is 0 Å². The molecule has 1 aliphatic rings. The highest BCUT2D eigenvalue weighted by atomic mass is 16.1. The molecule has 0 spiro atoms. The van der Waals surface area contributed by atoms with E-state index in [1.54, 1.807) is 0 Å². The van der Waals surface area contributed by atoms with Gasteiger partial charge in [-0.15, -0.1) is 0 Å². The first kappa shape index (κ1) is 15.8. The zero-order valence-corrected chi connectivity index (χ0v) is 14.3. The number of aromatic nitrogens is 4. The Morgan fingerprint density at radius 2 is 2.32 bits per heavy atom. The number of amides is 1. The summed E-state index contributed by atoms with van der Waals surface area (Å²) in [5.74, 6) is -0.169. The van der Waals surface area contributed by atoms with Crippen LogP contribution in [0.25, 0.3) is 5.65 Å². The molecule has 25 heavy (non-hydrogen) atoms. The highest BCUT2D eigenvalue weighted by molar-refractivity contribution is 5.93. The molecule has 3 aromatic rings. The number of primary amides is 1. The number of fused-ring (bicyclic) bond motifs is 1. The molecule has 1 atom stereocenters. The molecule has 0 saturated carbocycles. The fourth-order valence-corrected chi connectivity index (χ4v) is 3.79. The van der Waals surface area contributed by atoms with Gasteiger partial charge in [-0.2, -0.15) is 5.10 Å². The number of hydrogen-bond acceptors (Lipinski definition) is 4. The number of H-pyrrole nitrogens is 1. The van der Waals surface area contributed by atoms with E-state index in [0.29, 0.717) is 5.56 Å². The molecule has 0 radical (unpaired) electrons. The van der Waals surface area contributed by atoms with Gasteiger partial charge < -0.3 is 10.1 Å². The molecule has 3 N–H and O–H groups in total. The monoisotopic (exact) mass is 338 g/mol. The summed E-state index contributed by atoms with van der Waals surface area (Å²) in [7, 11) is 0. The van der Waals surface area contributed by atoms with Crippen LogP contribution in [0.5, 0.6) is 0 Å². The van der Waals surface area contributed by atoms with Crippen molar-refractivity contribution >= 4 is 11.6 Å². The van der Waals surface area contributed by atoms with Crippen molar-refractivity contribution in [1.29, 1.82) is 0 Å². The number of nitrogens with zero attached hydrogens (tertiary/aromatic N) is 4. The van der Waals surface area contributed by atoms with Crippen LogP contribution in [0.4, 0.5) is 0 Å². The van der Waals surface area contributed by atoms with E-state index < -0.39 is 5.91 Å². The van der Waals surface area contributed by atoms with Crippen LogP contribution in [-0.2, 0) is 6.54 Å². The predicted octanol–water partition coefficient (Wildman–Crippen LogP) is 1.84. The van der Waals surface area contributed by atoms with Crippen LogP contribution < -0.4 is 5.73 Å². The predicted molar refractivity (Wildman–Crippen MR) is 94.3 cm³/mol. The second-order valence-electron chi connectivity index (χ2n) is 6.77. The molecular weight excluding hydrogens is 316 g/mol. The van der Waals surface area contributed by atoms with Gasteiger partial charge in [-0.05, 0) is 37.9 Å². The minimum Gasteiger partial charge on any atom is -0.365 e. The number of hydrogen-bond donors (Lipinski definition) is 2. The number of aryl methyl sites for hydroxylation is 1. The highest BCUT2D eigenvalue weighted by Crippen LogP contribution is 2.28. The minimum absolute atomic E-state index is 0.250. The Bertz CT molecular complexity index is 911. The van der Waals surface area contributed by atoms with E-state index in [0.717, 1.165) is 43.8 Å². The number of aromatic amines is 1. The number of nitrogens with two attached hydrogens (primary N) is 1. The van der Waals surface area contributed by atoms with Crippen molar-refractivity contribution in [2.75, 3.05) is 13.1 Å². The summed E-state index contributed by atoms with van der Waals surface area (Å²) >= 11 is 0. The van der Waals surface area contributed by atoms with Crippen molar-refractivity contribution in [1.82, 2.24) is 24.5 Å². The van der Waals surface area contributed by atoms with Crippen molar-refractivity contribution in [3.63, 3.8) is 0 Å². The van der Waals surface area contributed by atoms with Gasteiger partial charge in [-0.1, -0.05) is 6.07 Å². The number of nitrogens with one attached hydrogen (secondary N) is 1. The third kappa shape index (κ3) is 2.91. The summed E-state index contributed by atoms with van der Waals surface area (Å²) in [5, 5.41) is 6.99. The highest BCUT2D eigenvalue weighted by Gasteiger charge is 2.26. The van der Waals surface area contributed by atoms with E-state index in [2.05, 4.69) is 49.7 Å². The Labute approximate surface area is 145 Å². The van der Waals surface area contributed by atoms with Gasteiger partial charge in [0.25, 0.3) is 5.91 Å². The third-order valence-electron chi connectivity index (χ3n) is 5.04. The zero-order chi connectivity index (χ0) is 17.4. The molecule has 1 amide bonds. The van der Waals surface area contributed by atoms with Crippen LogP contribution >= 0.6 is 0 Å². The van der Waals surface area contributed by atoms with E-state index in [4.69, 9.17) is 5.73 Å². The first-order valence-corrected chi connectivity index (χ1v) is 8.60. The lowest BCUT2D eigenvalue weighted by Crippen LogP contribution is -2.35. The Morgan fingerprint density at radius 1 is 1.44 bits per heavy atom. The number of pyridine rings is 1. The molecule has 7 heteroatoms. The molecule has 1 aliphatic heterocycles. The van der Waals surface area contributed by atoms with Gasteiger partial charge in [-0.3, -0.25) is 14.8 Å². The summed E-state index contributed by atoms with van der Waals surface area (Å²) in [4.78, 5) is 18.5. The van der Waals surface area contributed by atoms with Crippen molar-refractivity contribution in [2.24, 2.45) is 5.73 Å². The third-order valence-corrected chi connectivity index (χ3v) is 5.04. The van der Waals surface area contributed by atoms with Gasteiger partial charge in [0, 0.05) is 25.2 Å². The Morgan fingerprint density at radius 3 is 3.16 bits per heavy atom. The van der Waals surface area contributed by atoms with Crippen LogP contribution in [0.2, 0.25) is 0 Å². The minimum atomic E-state index is -0.418. The van der Waals surface area contributed by atoms with Crippen molar-refractivity contribution in [2.45, 2.75) is 32.2 Å². The van der Waals surface area contributed by atoms with E-state index >= 15 is 0 Å². The summed E-state index contributed by atoms with van der Waals surface area (Å²) in [6.07, 6.45) is 7.66. The number of imidazole rings is 1. The molecule has 1 saturated heterocycles. The second kappa shape index (κ2) is 6.33. The normalized spacial score (nSPS) is 18.7. The molecule has 4 heterocycles. The Balaban J connectivity index is 1.54. The lowest BCUT2D eigenvalue weighted by Gasteiger charge is -2.32. The molecule has 1 unspecified atom stereocenters. The quantitative estimate of drug-likeness (QED) is 0.759. The summed E-state index contributed by atoms with van der Waals surface area (Å²) in [6, 6.07) is 4.13. The average molecular weight is 338 g/mol. The SMILES string of the molecule is Cc1cccn2c(CN3CCCC(c4[nH]ncc4C(N)=O)C3)cnc12. The number of rotatable bonds is 4. The van der Waals surface area contributed by atoms with Crippen molar-refractivity contribution in [3.05, 3.63) is 53.2 Å². The van der Waals surface area contributed by atoms with Crippen LogP contribution in [0, 0.1) is 6.92 Å². The molecule has 130 valence electrons. The van der Waals surface area contributed by atoms with Gasteiger partial charge in [0.2, 0.25) is 0 Å². The maximum absolute atomic E-state index is 11.6. The van der Waals surface area contributed by atoms with Crippen LogP contribution in [0.1, 0.15) is 46.1 Å². The van der Waals surface area contributed by atoms with E-state index in [9.17, 15) is 4.79 Å². The summed E-state index contributed by atoms with van der Waals surface area (Å²) in [5.41, 5.74) is 10.2. The maximum atomic E-state index is 11.6. The molecule has 0 aromatic carbocycles. The second-order valence-corrected chi connectivity index (χ2v) is 6.77. The topological polar surface area (TPSA) is 92.3 Å². The molecule has 1 fully saturated rings. The van der Waals surface area contributed by atoms with Crippen molar-refractivity contribution < 1.29 is 4.79 Å². The van der Waals surface area contributed by atoms with Gasteiger partial charge in [0.15, 0.2) is 0 Å². The van der Waals surface area contributed by atoms with Gasteiger partial charge in [0.1, 0.15) is 5.65 Å². The Hall–Kier alpha value is -2.67. The fraction of sp³-hybridized carbons (Fsp3) is 0.389. The van der Waals surface area contributed by atoms with Gasteiger partial charge >= 0.3 is 0 Å². The molecule has 0 aliphatic carbocycles. The smallest absolute Gasteiger partial charge is 0.252 e. The molecular formula is C18H22N6O. The number of likely N-dealkylation sites (tertiary alicyclic amines) is 1. The van der Waals surface area contributed by atoms with Crippen LogP contribution in [0.3, 0.4) is 0 Å². The Kier molecular flexibility index (Phi) is 4.01.